The van der Waals surface area contributed by atoms with E-state index in [-0.39, 0.29) is 0 Å². The molecule has 0 amide bonds. The Morgan fingerprint density at radius 2 is 2.11 bits per heavy atom. The number of aromatic nitrogens is 4. The van der Waals surface area contributed by atoms with Crippen LogP contribution in [0.5, 0.6) is 0 Å². The van der Waals surface area contributed by atoms with Crippen LogP contribution < -0.4 is 0 Å². The standard InChI is InChI=1S/C13H10N4O2/c1-19-13(18)10-6-4-7-11-15-12(16-17(10)11)9-5-2-3-8-14-9/h2-8H,1H3. The summed E-state index contributed by atoms with van der Waals surface area (Å²) in [5.74, 6) is 0.0139. The van der Waals surface area contributed by atoms with Crippen LogP contribution in [-0.2, 0) is 4.74 Å². The third kappa shape index (κ3) is 1.93. The highest BCUT2D eigenvalue weighted by Gasteiger charge is 2.14. The minimum atomic E-state index is -0.455. The molecule has 3 aromatic rings. The van der Waals surface area contributed by atoms with Crippen LogP contribution in [0, 0.1) is 0 Å². The zero-order valence-corrected chi connectivity index (χ0v) is 10.1. The Hall–Kier alpha value is -2.76. The second-order valence-electron chi connectivity index (χ2n) is 3.82. The van der Waals surface area contributed by atoms with Gasteiger partial charge in [0.15, 0.2) is 11.3 Å². The number of pyridine rings is 2. The Morgan fingerprint density at radius 3 is 2.84 bits per heavy atom. The fraction of sp³-hybridized carbons (Fsp3) is 0.0769. The number of carbonyl (C=O) groups excluding carboxylic acids is 1. The van der Waals surface area contributed by atoms with E-state index in [2.05, 4.69) is 15.1 Å². The van der Waals surface area contributed by atoms with Crippen LogP contribution in [0.1, 0.15) is 10.5 Å². The Bertz CT molecular complexity index is 737. The van der Waals surface area contributed by atoms with Crippen LogP contribution in [0.2, 0.25) is 0 Å². The highest BCUT2D eigenvalue weighted by molar-refractivity contribution is 5.88. The van der Waals surface area contributed by atoms with Gasteiger partial charge in [-0.1, -0.05) is 12.1 Å². The maximum Gasteiger partial charge on any atom is 0.356 e. The maximum atomic E-state index is 11.6. The lowest BCUT2D eigenvalue weighted by atomic mass is 10.3. The Balaban J connectivity index is 2.19. The molecule has 0 unspecified atom stereocenters. The molecule has 0 saturated carbocycles. The highest BCUT2D eigenvalue weighted by atomic mass is 16.5. The number of hydrogen-bond donors (Lipinski definition) is 0. The summed E-state index contributed by atoms with van der Waals surface area (Å²) in [5, 5.41) is 4.29. The highest BCUT2D eigenvalue weighted by Crippen LogP contribution is 2.14. The zero-order chi connectivity index (χ0) is 13.2. The van der Waals surface area contributed by atoms with Gasteiger partial charge in [0.2, 0.25) is 5.82 Å². The van der Waals surface area contributed by atoms with Crippen molar-refractivity contribution < 1.29 is 9.53 Å². The van der Waals surface area contributed by atoms with Crippen molar-refractivity contribution in [2.75, 3.05) is 7.11 Å². The average molecular weight is 254 g/mol. The third-order valence-corrected chi connectivity index (χ3v) is 2.65. The van der Waals surface area contributed by atoms with E-state index in [4.69, 9.17) is 4.74 Å². The molecule has 0 spiro atoms. The second-order valence-corrected chi connectivity index (χ2v) is 3.82. The van der Waals surface area contributed by atoms with E-state index in [1.54, 1.807) is 24.4 Å². The van der Waals surface area contributed by atoms with E-state index in [1.165, 1.54) is 11.6 Å². The SMILES string of the molecule is COC(=O)c1cccc2nc(-c3ccccn3)nn12. The fourth-order valence-electron chi connectivity index (χ4n) is 1.77. The molecule has 6 nitrogen and oxygen atoms in total. The summed E-state index contributed by atoms with van der Waals surface area (Å²) in [4.78, 5) is 20.2. The van der Waals surface area contributed by atoms with Gasteiger partial charge in [0.1, 0.15) is 5.69 Å². The second kappa shape index (κ2) is 4.49. The van der Waals surface area contributed by atoms with Gasteiger partial charge in [-0.3, -0.25) is 4.98 Å². The lowest BCUT2D eigenvalue weighted by molar-refractivity contribution is 0.0591. The van der Waals surface area contributed by atoms with Crippen molar-refractivity contribution in [3.63, 3.8) is 0 Å². The van der Waals surface area contributed by atoms with Gasteiger partial charge >= 0.3 is 5.97 Å². The maximum absolute atomic E-state index is 11.6. The molecule has 3 aromatic heterocycles. The number of ether oxygens (including phenoxy) is 1. The first kappa shape index (κ1) is 11.3. The Morgan fingerprint density at radius 1 is 1.21 bits per heavy atom. The van der Waals surface area contributed by atoms with Crippen molar-refractivity contribution in [3.8, 4) is 11.5 Å². The average Bonchev–Trinajstić information content (AvgIpc) is 2.91. The number of hydrogen-bond acceptors (Lipinski definition) is 5. The van der Waals surface area contributed by atoms with Gasteiger partial charge in [0.25, 0.3) is 0 Å². The Labute approximate surface area is 108 Å². The Kier molecular flexibility index (Phi) is 2.68. The van der Waals surface area contributed by atoms with Gasteiger partial charge in [-0.2, -0.15) is 0 Å². The van der Waals surface area contributed by atoms with Crippen LogP contribution in [0.25, 0.3) is 17.2 Å². The smallest absolute Gasteiger partial charge is 0.356 e. The van der Waals surface area contributed by atoms with Gasteiger partial charge < -0.3 is 4.74 Å². The van der Waals surface area contributed by atoms with Crippen LogP contribution in [-0.4, -0.2) is 32.7 Å². The minimum Gasteiger partial charge on any atom is -0.464 e. The molecule has 0 atom stereocenters. The zero-order valence-electron chi connectivity index (χ0n) is 10.1. The monoisotopic (exact) mass is 254 g/mol. The predicted molar refractivity (Wildman–Crippen MR) is 67.6 cm³/mol. The van der Waals surface area contributed by atoms with Crippen LogP contribution in [0.15, 0.2) is 42.6 Å². The number of methoxy groups -OCH3 is 1. The first-order valence-electron chi connectivity index (χ1n) is 5.65. The molecule has 6 heteroatoms. The molecule has 94 valence electrons. The molecule has 0 aliphatic heterocycles. The minimum absolute atomic E-state index is 0.328. The van der Waals surface area contributed by atoms with E-state index in [0.717, 1.165) is 0 Å². The summed E-state index contributed by atoms with van der Waals surface area (Å²) in [5.41, 5.74) is 1.56. The molecule has 0 radical (unpaired) electrons. The molecule has 0 N–H and O–H groups in total. The number of nitrogens with zero attached hydrogens (tertiary/aromatic N) is 4. The van der Waals surface area contributed by atoms with Crippen molar-refractivity contribution in [1.82, 2.24) is 19.6 Å². The third-order valence-electron chi connectivity index (χ3n) is 2.65. The predicted octanol–water partition coefficient (Wildman–Crippen LogP) is 1.58. The first-order chi connectivity index (χ1) is 9.29. The van der Waals surface area contributed by atoms with Crippen molar-refractivity contribution >= 4 is 11.6 Å². The number of rotatable bonds is 2. The molecule has 0 aliphatic rings. The van der Waals surface area contributed by atoms with Gasteiger partial charge in [-0.05, 0) is 24.3 Å². The van der Waals surface area contributed by atoms with E-state index in [0.29, 0.717) is 22.9 Å². The quantitative estimate of drug-likeness (QED) is 0.649. The molecule has 0 fully saturated rings. The first-order valence-corrected chi connectivity index (χ1v) is 5.65. The molecule has 0 aromatic carbocycles. The molecule has 3 rings (SSSR count). The summed E-state index contributed by atoms with van der Waals surface area (Å²) in [6, 6.07) is 10.6. The van der Waals surface area contributed by atoms with Gasteiger partial charge in [-0.15, -0.1) is 5.10 Å². The van der Waals surface area contributed by atoms with Crippen molar-refractivity contribution in [2.24, 2.45) is 0 Å². The van der Waals surface area contributed by atoms with Crippen molar-refractivity contribution in [2.45, 2.75) is 0 Å². The van der Waals surface area contributed by atoms with E-state index < -0.39 is 5.97 Å². The number of esters is 1. The van der Waals surface area contributed by atoms with Gasteiger partial charge in [0.05, 0.1) is 7.11 Å². The summed E-state index contributed by atoms with van der Waals surface area (Å²) in [6.45, 7) is 0. The normalized spacial score (nSPS) is 10.6. The fourth-order valence-corrected chi connectivity index (χ4v) is 1.77. The van der Waals surface area contributed by atoms with Crippen LogP contribution in [0.4, 0.5) is 0 Å². The summed E-state index contributed by atoms with van der Waals surface area (Å²) in [7, 11) is 1.33. The summed E-state index contributed by atoms with van der Waals surface area (Å²) >= 11 is 0. The van der Waals surface area contributed by atoms with Gasteiger partial charge in [0, 0.05) is 6.20 Å². The van der Waals surface area contributed by atoms with Crippen LogP contribution >= 0.6 is 0 Å². The van der Waals surface area contributed by atoms with Crippen molar-refractivity contribution in [3.05, 3.63) is 48.3 Å². The lowest BCUT2D eigenvalue weighted by Gasteiger charge is -2.00. The van der Waals surface area contributed by atoms with E-state index >= 15 is 0 Å². The summed E-state index contributed by atoms with van der Waals surface area (Å²) in [6.07, 6.45) is 1.67. The number of carbonyl (C=O) groups is 1. The van der Waals surface area contributed by atoms with E-state index in [1.807, 2.05) is 18.2 Å². The van der Waals surface area contributed by atoms with Crippen LogP contribution in [0.3, 0.4) is 0 Å². The van der Waals surface area contributed by atoms with Crippen molar-refractivity contribution in [1.29, 1.82) is 0 Å². The lowest BCUT2D eigenvalue weighted by Crippen LogP contribution is -2.08. The molecule has 0 bridgehead atoms. The van der Waals surface area contributed by atoms with E-state index in [9.17, 15) is 4.79 Å². The molecular formula is C13H10N4O2. The topological polar surface area (TPSA) is 69.4 Å². The molecular weight excluding hydrogens is 244 g/mol. The molecule has 0 saturated heterocycles. The number of fused-ring (bicyclic) bond motifs is 1. The van der Waals surface area contributed by atoms with Gasteiger partial charge in [-0.25, -0.2) is 14.3 Å². The largest absolute Gasteiger partial charge is 0.464 e. The molecule has 19 heavy (non-hydrogen) atoms. The summed E-state index contributed by atoms with van der Waals surface area (Å²) < 4.78 is 6.17. The molecule has 0 aliphatic carbocycles. The molecule has 3 heterocycles.